The Labute approximate surface area is 108 Å². The summed E-state index contributed by atoms with van der Waals surface area (Å²) in [7, 11) is 3.32. The molecule has 104 valence electrons. The summed E-state index contributed by atoms with van der Waals surface area (Å²) >= 11 is 0. The van der Waals surface area contributed by atoms with Crippen LogP contribution in [0.1, 0.15) is 33.1 Å². The first-order chi connectivity index (χ1) is 8.25. The van der Waals surface area contributed by atoms with Crippen LogP contribution in [0.4, 0.5) is 0 Å². The Balaban J connectivity index is 4.19. The van der Waals surface area contributed by atoms with Gasteiger partial charge in [0.25, 0.3) is 0 Å². The van der Waals surface area contributed by atoms with Crippen molar-refractivity contribution >= 4 is 17.8 Å². The summed E-state index contributed by atoms with van der Waals surface area (Å²) in [4.78, 5) is 36.5. The summed E-state index contributed by atoms with van der Waals surface area (Å²) < 4.78 is 0. The molecule has 0 radical (unpaired) electrons. The monoisotopic (exact) mass is 258 g/mol. The minimum Gasteiger partial charge on any atom is -0.480 e. The van der Waals surface area contributed by atoms with E-state index in [1.165, 1.54) is 9.80 Å². The summed E-state index contributed by atoms with van der Waals surface area (Å²) in [6.07, 6.45) is 0.946. The van der Waals surface area contributed by atoms with Crippen LogP contribution in [-0.2, 0) is 14.4 Å². The Hall–Kier alpha value is -1.59. The highest BCUT2D eigenvalue weighted by Gasteiger charge is 2.19. The minimum absolute atomic E-state index is 0.0304. The normalized spacial score (nSPS) is 10.3. The van der Waals surface area contributed by atoms with Crippen molar-refractivity contribution < 1.29 is 19.5 Å². The first kappa shape index (κ1) is 16.4. The Morgan fingerprint density at radius 3 is 1.94 bits per heavy atom. The largest absolute Gasteiger partial charge is 0.480 e. The Morgan fingerprint density at radius 2 is 1.56 bits per heavy atom. The Bertz CT molecular complexity index is 313. The molecule has 6 nitrogen and oxygen atoms in total. The average molecular weight is 258 g/mol. The first-order valence-electron chi connectivity index (χ1n) is 5.97. The number of carboxylic acid groups (broad SMARTS) is 1. The standard InChI is InChI=1S/C12H22N2O4/c1-9(2)14(8-12(17)18)11(16)7-5-6-10(15)13(3)4/h9H,5-8H2,1-4H3,(H,17,18). The van der Waals surface area contributed by atoms with Crippen molar-refractivity contribution in [2.75, 3.05) is 20.6 Å². The van der Waals surface area contributed by atoms with Gasteiger partial charge in [0.05, 0.1) is 0 Å². The SMILES string of the molecule is CC(C)N(CC(=O)O)C(=O)CCCC(=O)N(C)C. The maximum atomic E-state index is 11.8. The van der Waals surface area contributed by atoms with E-state index < -0.39 is 5.97 Å². The lowest BCUT2D eigenvalue weighted by Crippen LogP contribution is -2.40. The lowest BCUT2D eigenvalue weighted by molar-refractivity contribution is -0.146. The van der Waals surface area contributed by atoms with Crippen LogP contribution in [0.5, 0.6) is 0 Å². The number of nitrogens with zero attached hydrogens (tertiary/aromatic N) is 2. The summed E-state index contributed by atoms with van der Waals surface area (Å²) in [5, 5.41) is 8.71. The van der Waals surface area contributed by atoms with Gasteiger partial charge in [-0.05, 0) is 20.3 Å². The fraction of sp³-hybridized carbons (Fsp3) is 0.750. The number of hydrogen-bond acceptors (Lipinski definition) is 3. The number of carbonyl (C=O) groups excluding carboxylic acids is 2. The molecule has 0 bridgehead atoms. The lowest BCUT2D eigenvalue weighted by atomic mass is 10.2. The molecule has 1 N–H and O–H groups in total. The summed E-state index contributed by atoms with van der Waals surface area (Å²) in [5.74, 6) is -1.28. The zero-order valence-electron chi connectivity index (χ0n) is 11.5. The third-order valence-corrected chi connectivity index (χ3v) is 2.53. The van der Waals surface area contributed by atoms with Crippen LogP contribution in [0, 0.1) is 0 Å². The van der Waals surface area contributed by atoms with E-state index in [1.807, 2.05) is 0 Å². The van der Waals surface area contributed by atoms with Crippen molar-refractivity contribution in [2.24, 2.45) is 0 Å². The maximum absolute atomic E-state index is 11.8. The zero-order chi connectivity index (χ0) is 14.3. The quantitative estimate of drug-likeness (QED) is 0.724. The molecular weight excluding hydrogens is 236 g/mol. The summed E-state index contributed by atoms with van der Waals surface area (Å²) in [6.45, 7) is 3.25. The number of carbonyl (C=O) groups is 3. The van der Waals surface area contributed by atoms with Gasteiger partial charge in [0.15, 0.2) is 0 Å². The van der Waals surface area contributed by atoms with E-state index in [-0.39, 0.29) is 30.8 Å². The van der Waals surface area contributed by atoms with E-state index in [0.29, 0.717) is 12.8 Å². The predicted molar refractivity (Wildman–Crippen MR) is 67.0 cm³/mol. The fourth-order valence-electron chi connectivity index (χ4n) is 1.46. The van der Waals surface area contributed by atoms with Crippen molar-refractivity contribution in [1.82, 2.24) is 9.80 Å². The Morgan fingerprint density at radius 1 is 1.06 bits per heavy atom. The van der Waals surface area contributed by atoms with Crippen LogP contribution in [-0.4, -0.2) is 59.4 Å². The van der Waals surface area contributed by atoms with E-state index in [4.69, 9.17) is 5.11 Å². The highest BCUT2D eigenvalue weighted by atomic mass is 16.4. The van der Waals surface area contributed by atoms with E-state index >= 15 is 0 Å². The van der Waals surface area contributed by atoms with Crippen LogP contribution >= 0.6 is 0 Å². The van der Waals surface area contributed by atoms with E-state index in [1.54, 1.807) is 27.9 Å². The lowest BCUT2D eigenvalue weighted by Gasteiger charge is -2.24. The van der Waals surface area contributed by atoms with Crippen LogP contribution in [0.2, 0.25) is 0 Å². The molecule has 0 heterocycles. The van der Waals surface area contributed by atoms with Crippen molar-refractivity contribution in [1.29, 1.82) is 0 Å². The highest BCUT2D eigenvalue weighted by molar-refractivity contribution is 5.82. The molecule has 0 fully saturated rings. The second-order valence-electron chi connectivity index (χ2n) is 4.65. The molecule has 0 unspecified atom stereocenters. The third kappa shape index (κ3) is 6.22. The molecule has 0 rings (SSSR count). The van der Waals surface area contributed by atoms with Crippen LogP contribution in [0.25, 0.3) is 0 Å². The van der Waals surface area contributed by atoms with Gasteiger partial charge in [-0.3, -0.25) is 14.4 Å². The maximum Gasteiger partial charge on any atom is 0.323 e. The molecule has 0 saturated carbocycles. The summed E-state index contributed by atoms with van der Waals surface area (Å²) in [5.41, 5.74) is 0. The van der Waals surface area contributed by atoms with Crippen molar-refractivity contribution in [3.05, 3.63) is 0 Å². The van der Waals surface area contributed by atoms with E-state index in [9.17, 15) is 14.4 Å². The van der Waals surface area contributed by atoms with Crippen LogP contribution in [0.15, 0.2) is 0 Å². The van der Waals surface area contributed by atoms with Crippen LogP contribution < -0.4 is 0 Å². The van der Waals surface area contributed by atoms with Gasteiger partial charge in [-0.25, -0.2) is 0 Å². The first-order valence-corrected chi connectivity index (χ1v) is 5.97. The van der Waals surface area contributed by atoms with E-state index in [2.05, 4.69) is 0 Å². The topological polar surface area (TPSA) is 77.9 Å². The number of carboxylic acids is 1. The van der Waals surface area contributed by atoms with Crippen molar-refractivity contribution in [2.45, 2.75) is 39.2 Å². The number of amides is 2. The van der Waals surface area contributed by atoms with E-state index in [0.717, 1.165) is 0 Å². The number of aliphatic carboxylic acids is 1. The van der Waals surface area contributed by atoms with Gasteiger partial charge in [-0.1, -0.05) is 0 Å². The molecule has 6 heteroatoms. The molecule has 0 aromatic rings. The van der Waals surface area contributed by atoms with Gasteiger partial charge in [-0.15, -0.1) is 0 Å². The molecule has 0 spiro atoms. The molecule has 0 aliphatic carbocycles. The number of rotatable bonds is 7. The average Bonchev–Trinajstić information content (AvgIpc) is 2.24. The second-order valence-corrected chi connectivity index (χ2v) is 4.65. The minimum atomic E-state index is -1.03. The molecule has 0 aliphatic rings. The smallest absolute Gasteiger partial charge is 0.323 e. The van der Waals surface area contributed by atoms with Gasteiger partial charge in [0.1, 0.15) is 6.54 Å². The van der Waals surface area contributed by atoms with Gasteiger partial charge in [0, 0.05) is 33.0 Å². The van der Waals surface area contributed by atoms with Crippen molar-refractivity contribution in [3.8, 4) is 0 Å². The fourth-order valence-corrected chi connectivity index (χ4v) is 1.46. The molecular formula is C12H22N2O4. The number of hydrogen-bond donors (Lipinski definition) is 1. The molecule has 0 aromatic carbocycles. The van der Waals surface area contributed by atoms with Gasteiger partial charge < -0.3 is 14.9 Å². The molecule has 2 amide bonds. The molecule has 0 saturated heterocycles. The zero-order valence-corrected chi connectivity index (χ0v) is 11.5. The highest BCUT2D eigenvalue weighted by Crippen LogP contribution is 2.06. The van der Waals surface area contributed by atoms with Gasteiger partial charge >= 0.3 is 5.97 Å². The van der Waals surface area contributed by atoms with Gasteiger partial charge in [-0.2, -0.15) is 0 Å². The predicted octanol–water partition coefficient (Wildman–Crippen LogP) is 0.566. The molecule has 0 aliphatic heterocycles. The Kier molecular flexibility index (Phi) is 7.00. The second kappa shape index (κ2) is 7.68. The third-order valence-electron chi connectivity index (χ3n) is 2.53. The molecule has 18 heavy (non-hydrogen) atoms. The molecule has 0 aromatic heterocycles. The molecule has 0 atom stereocenters. The van der Waals surface area contributed by atoms with Crippen LogP contribution in [0.3, 0.4) is 0 Å². The van der Waals surface area contributed by atoms with Crippen molar-refractivity contribution in [3.63, 3.8) is 0 Å². The summed E-state index contributed by atoms with van der Waals surface area (Å²) in [6, 6.07) is -0.154. The van der Waals surface area contributed by atoms with Gasteiger partial charge in [0.2, 0.25) is 11.8 Å².